The van der Waals surface area contributed by atoms with Gasteiger partial charge in [-0.2, -0.15) is 11.8 Å². The van der Waals surface area contributed by atoms with Crippen molar-refractivity contribution in [2.75, 3.05) is 18.1 Å². The fourth-order valence-corrected chi connectivity index (χ4v) is 3.89. The predicted molar refractivity (Wildman–Crippen MR) is 67.5 cm³/mol. The Bertz CT molecular complexity index is 270. The summed E-state index contributed by atoms with van der Waals surface area (Å²) in [6, 6.07) is 4.48. The lowest BCUT2D eigenvalue weighted by atomic mass is 10.00. The van der Waals surface area contributed by atoms with Crippen molar-refractivity contribution < 1.29 is 5.11 Å². The zero-order valence-electron chi connectivity index (χ0n) is 8.69. The standard InChI is InChI=1S/C11H17NOS2/c13-7-11(9-3-5-14-8-9)12-6-10-2-1-4-15-10/h1-2,4,9,11-13H,3,5-8H2. The van der Waals surface area contributed by atoms with Crippen LogP contribution in [0.2, 0.25) is 0 Å². The topological polar surface area (TPSA) is 32.3 Å². The van der Waals surface area contributed by atoms with E-state index >= 15 is 0 Å². The van der Waals surface area contributed by atoms with E-state index < -0.39 is 0 Å². The van der Waals surface area contributed by atoms with Crippen LogP contribution in [0.25, 0.3) is 0 Å². The molecule has 0 radical (unpaired) electrons. The van der Waals surface area contributed by atoms with Crippen molar-refractivity contribution in [3.8, 4) is 0 Å². The Morgan fingerprint density at radius 3 is 3.13 bits per heavy atom. The fraction of sp³-hybridized carbons (Fsp3) is 0.636. The highest BCUT2D eigenvalue weighted by Gasteiger charge is 2.24. The summed E-state index contributed by atoms with van der Waals surface area (Å²) in [5.74, 6) is 3.10. The molecule has 2 heterocycles. The summed E-state index contributed by atoms with van der Waals surface area (Å²) in [5.41, 5.74) is 0. The van der Waals surface area contributed by atoms with Gasteiger partial charge < -0.3 is 10.4 Å². The molecule has 2 atom stereocenters. The van der Waals surface area contributed by atoms with E-state index in [1.807, 2.05) is 11.8 Å². The van der Waals surface area contributed by atoms with E-state index in [4.69, 9.17) is 0 Å². The SMILES string of the molecule is OCC(NCc1cccs1)C1CCSC1. The molecule has 2 unspecified atom stereocenters. The first-order chi connectivity index (χ1) is 7.40. The number of hydrogen-bond donors (Lipinski definition) is 2. The molecule has 0 aliphatic carbocycles. The summed E-state index contributed by atoms with van der Waals surface area (Å²) in [6.07, 6.45) is 1.24. The van der Waals surface area contributed by atoms with Crippen molar-refractivity contribution in [3.05, 3.63) is 22.4 Å². The molecule has 2 nitrogen and oxygen atoms in total. The molecule has 15 heavy (non-hydrogen) atoms. The molecular weight excluding hydrogens is 226 g/mol. The highest BCUT2D eigenvalue weighted by atomic mass is 32.2. The van der Waals surface area contributed by atoms with Gasteiger partial charge in [-0.3, -0.25) is 0 Å². The first kappa shape index (κ1) is 11.5. The van der Waals surface area contributed by atoms with Gasteiger partial charge in [0, 0.05) is 17.5 Å². The maximum absolute atomic E-state index is 9.35. The van der Waals surface area contributed by atoms with Crippen LogP contribution in [0.3, 0.4) is 0 Å². The molecule has 1 aliphatic heterocycles. The summed E-state index contributed by atoms with van der Waals surface area (Å²) in [7, 11) is 0. The molecule has 0 saturated carbocycles. The highest BCUT2D eigenvalue weighted by Crippen LogP contribution is 2.26. The highest BCUT2D eigenvalue weighted by molar-refractivity contribution is 7.99. The zero-order valence-corrected chi connectivity index (χ0v) is 10.3. The number of nitrogens with one attached hydrogen (secondary N) is 1. The quantitative estimate of drug-likeness (QED) is 0.829. The van der Waals surface area contributed by atoms with Crippen LogP contribution in [-0.4, -0.2) is 29.3 Å². The third-order valence-electron chi connectivity index (χ3n) is 2.85. The third-order valence-corrected chi connectivity index (χ3v) is 4.91. The van der Waals surface area contributed by atoms with Gasteiger partial charge in [-0.05, 0) is 35.3 Å². The van der Waals surface area contributed by atoms with Crippen molar-refractivity contribution >= 4 is 23.1 Å². The predicted octanol–water partition coefficient (Wildman–Crippen LogP) is 1.95. The van der Waals surface area contributed by atoms with Crippen LogP contribution in [0, 0.1) is 5.92 Å². The van der Waals surface area contributed by atoms with Gasteiger partial charge in [-0.1, -0.05) is 6.07 Å². The van der Waals surface area contributed by atoms with Gasteiger partial charge >= 0.3 is 0 Å². The molecule has 0 aromatic carbocycles. The van der Waals surface area contributed by atoms with Crippen LogP contribution < -0.4 is 5.32 Å². The summed E-state index contributed by atoms with van der Waals surface area (Å²) < 4.78 is 0. The third kappa shape index (κ3) is 3.21. The van der Waals surface area contributed by atoms with E-state index in [0.29, 0.717) is 5.92 Å². The molecule has 1 fully saturated rings. The van der Waals surface area contributed by atoms with Crippen LogP contribution in [0.4, 0.5) is 0 Å². The Balaban J connectivity index is 1.80. The minimum Gasteiger partial charge on any atom is -0.395 e. The lowest BCUT2D eigenvalue weighted by Crippen LogP contribution is -2.38. The van der Waals surface area contributed by atoms with Gasteiger partial charge in [0.05, 0.1) is 6.61 Å². The minimum atomic E-state index is 0.261. The van der Waals surface area contributed by atoms with E-state index in [1.165, 1.54) is 22.8 Å². The first-order valence-electron chi connectivity index (χ1n) is 5.34. The van der Waals surface area contributed by atoms with Crippen LogP contribution in [-0.2, 0) is 6.54 Å². The maximum atomic E-state index is 9.35. The van der Waals surface area contributed by atoms with Gasteiger partial charge in [-0.15, -0.1) is 11.3 Å². The van der Waals surface area contributed by atoms with Gasteiger partial charge in [0.1, 0.15) is 0 Å². The monoisotopic (exact) mass is 243 g/mol. The van der Waals surface area contributed by atoms with Crippen molar-refractivity contribution in [2.45, 2.75) is 19.0 Å². The molecule has 0 spiro atoms. The molecule has 0 bridgehead atoms. The second kappa shape index (κ2) is 5.89. The molecule has 1 aromatic heterocycles. The number of rotatable bonds is 5. The molecule has 2 rings (SSSR count). The van der Waals surface area contributed by atoms with Crippen LogP contribution in [0.15, 0.2) is 17.5 Å². The van der Waals surface area contributed by atoms with Crippen LogP contribution >= 0.6 is 23.1 Å². The second-order valence-electron chi connectivity index (χ2n) is 3.87. The average Bonchev–Trinajstić information content (AvgIpc) is 2.90. The molecule has 1 aromatic rings. The smallest absolute Gasteiger partial charge is 0.0587 e. The summed E-state index contributed by atoms with van der Waals surface area (Å²) in [6.45, 7) is 1.15. The Kier molecular flexibility index (Phi) is 4.50. The number of aliphatic hydroxyl groups excluding tert-OH is 1. The van der Waals surface area contributed by atoms with Gasteiger partial charge in [0.15, 0.2) is 0 Å². The van der Waals surface area contributed by atoms with Crippen molar-refractivity contribution in [1.82, 2.24) is 5.32 Å². The first-order valence-corrected chi connectivity index (χ1v) is 7.38. The van der Waals surface area contributed by atoms with Crippen LogP contribution in [0.5, 0.6) is 0 Å². The van der Waals surface area contributed by atoms with E-state index in [0.717, 1.165) is 6.54 Å². The van der Waals surface area contributed by atoms with E-state index in [9.17, 15) is 5.11 Å². The molecule has 0 amide bonds. The summed E-state index contributed by atoms with van der Waals surface area (Å²) in [4.78, 5) is 1.35. The Labute approximate surface area is 99.1 Å². The normalized spacial score (nSPS) is 23.1. The molecule has 1 aliphatic rings. The Hall–Kier alpha value is -0.0300. The maximum Gasteiger partial charge on any atom is 0.0587 e. The number of thiophene rings is 1. The lowest BCUT2D eigenvalue weighted by Gasteiger charge is -2.21. The molecule has 1 saturated heterocycles. The second-order valence-corrected chi connectivity index (χ2v) is 6.06. The molecule has 2 N–H and O–H groups in total. The Morgan fingerprint density at radius 2 is 2.53 bits per heavy atom. The van der Waals surface area contributed by atoms with Crippen molar-refractivity contribution in [3.63, 3.8) is 0 Å². The van der Waals surface area contributed by atoms with Gasteiger partial charge in [0.25, 0.3) is 0 Å². The summed E-state index contributed by atoms with van der Waals surface area (Å²) in [5, 5.41) is 14.9. The fourth-order valence-electron chi connectivity index (χ4n) is 1.90. The molecule has 4 heteroatoms. The van der Waals surface area contributed by atoms with E-state index in [-0.39, 0.29) is 12.6 Å². The largest absolute Gasteiger partial charge is 0.395 e. The molecular formula is C11H17NOS2. The number of hydrogen-bond acceptors (Lipinski definition) is 4. The van der Waals surface area contributed by atoms with Crippen molar-refractivity contribution in [2.24, 2.45) is 5.92 Å². The van der Waals surface area contributed by atoms with Gasteiger partial charge in [0.2, 0.25) is 0 Å². The van der Waals surface area contributed by atoms with E-state index in [2.05, 4.69) is 22.8 Å². The zero-order chi connectivity index (χ0) is 10.5. The average molecular weight is 243 g/mol. The van der Waals surface area contributed by atoms with Crippen molar-refractivity contribution in [1.29, 1.82) is 0 Å². The lowest BCUT2D eigenvalue weighted by molar-refractivity contribution is 0.206. The van der Waals surface area contributed by atoms with Gasteiger partial charge in [-0.25, -0.2) is 0 Å². The number of aliphatic hydroxyl groups is 1. The Morgan fingerprint density at radius 1 is 1.60 bits per heavy atom. The molecule has 84 valence electrons. The number of thioether (sulfide) groups is 1. The minimum absolute atomic E-state index is 0.261. The van der Waals surface area contributed by atoms with E-state index in [1.54, 1.807) is 11.3 Å². The summed E-state index contributed by atoms with van der Waals surface area (Å²) >= 11 is 3.77. The van der Waals surface area contributed by atoms with Crippen LogP contribution in [0.1, 0.15) is 11.3 Å².